The molecule has 2 aromatic rings. The van der Waals surface area contributed by atoms with E-state index in [1.807, 2.05) is 6.20 Å². The predicted octanol–water partition coefficient (Wildman–Crippen LogP) is 5.02. The Morgan fingerprint density at radius 3 is 2.32 bits per heavy atom. The van der Waals surface area contributed by atoms with E-state index in [4.69, 9.17) is 4.74 Å². The first-order valence-electron chi connectivity index (χ1n) is 8.71. The molecule has 0 saturated heterocycles. The largest absolute Gasteiger partial charge is 0.495 e. The molecular formula is C21H29FN2O. The second-order valence-electron chi connectivity index (χ2n) is 8.68. The van der Waals surface area contributed by atoms with Crippen LogP contribution in [0.25, 0.3) is 0 Å². The van der Waals surface area contributed by atoms with E-state index in [9.17, 15) is 4.39 Å². The van der Waals surface area contributed by atoms with Gasteiger partial charge in [-0.15, -0.1) is 0 Å². The average molecular weight is 344 g/mol. The van der Waals surface area contributed by atoms with E-state index in [1.54, 1.807) is 19.4 Å². The fraction of sp³-hybridized carbons (Fsp3) is 0.524. The Bertz CT molecular complexity index is 720. The van der Waals surface area contributed by atoms with Crippen LogP contribution in [0.1, 0.15) is 51.6 Å². The number of rotatable bonds is 6. The minimum absolute atomic E-state index is 0.132. The molecule has 0 aliphatic heterocycles. The van der Waals surface area contributed by atoms with Gasteiger partial charge in [0.15, 0.2) is 0 Å². The molecule has 0 N–H and O–H groups in total. The van der Waals surface area contributed by atoms with Crippen LogP contribution in [0.4, 0.5) is 4.39 Å². The molecular weight excluding hydrogens is 315 g/mol. The fourth-order valence-electron chi connectivity index (χ4n) is 3.04. The Hall–Kier alpha value is -1.97. The molecule has 0 amide bonds. The Morgan fingerprint density at radius 1 is 1.00 bits per heavy atom. The molecule has 0 radical (unpaired) electrons. The van der Waals surface area contributed by atoms with Crippen LogP contribution < -0.4 is 4.74 Å². The lowest BCUT2D eigenvalue weighted by molar-refractivity contribution is 0.345. The monoisotopic (exact) mass is 344 g/mol. The molecule has 2 heterocycles. The van der Waals surface area contributed by atoms with Gasteiger partial charge in [0.2, 0.25) is 0 Å². The standard InChI is InChI=1S/C21H29FN2O/c1-20(2,3)12-18-19(25-6)10-15(14-24-18)11-21(4,5)13-17-16(22)8-7-9-23-17/h7-10,14H,11-13H2,1-6H3. The van der Waals surface area contributed by atoms with Crippen LogP contribution in [0, 0.1) is 16.6 Å². The van der Waals surface area contributed by atoms with Gasteiger partial charge in [0.05, 0.1) is 18.5 Å². The minimum Gasteiger partial charge on any atom is -0.495 e. The number of nitrogens with zero attached hydrogens (tertiary/aromatic N) is 2. The van der Waals surface area contributed by atoms with Crippen LogP contribution in [-0.2, 0) is 19.3 Å². The van der Waals surface area contributed by atoms with Crippen molar-refractivity contribution in [2.45, 2.75) is 53.9 Å². The quantitative estimate of drug-likeness (QED) is 0.737. The van der Waals surface area contributed by atoms with Crippen LogP contribution in [0.15, 0.2) is 30.6 Å². The summed E-state index contributed by atoms with van der Waals surface area (Å²) in [4.78, 5) is 8.81. The molecule has 0 aliphatic rings. The van der Waals surface area contributed by atoms with Gasteiger partial charge in [-0.3, -0.25) is 9.97 Å². The zero-order chi connectivity index (χ0) is 18.7. The predicted molar refractivity (Wildman–Crippen MR) is 99.3 cm³/mol. The number of ether oxygens (including phenoxy) is 1. The zero-order valence-electron chi connectivity index (χ0n) is 16.2. The van der Waals surface area contributed by atoms with Crippen molar-refractivity contribution in [3.05, 3.63) is 53.4 Å². The summed E-state index contributed by atoms with van der Waals surface area (Å²) in [6, 6.07) is 5.14. The Kier molecular flexibility index (Phi) is 5.81. The molecule has 0 bridgehead atoms. The molecule has 3 nitrogen and oxygen atoms in total. The lowest BCUT2D eigenvalue weighted by Crippen LogP contribution is -2.20. The SMILES string of the molecule is COc1cc(CC(C)(C)Cc2ncccc2F)cnc1CC(C)(C)C. The van der Waals surface area contributed by atoms with Crippen LogP contribution >= 0.6 is 0 Å². The van der Waals surface area contributed by atoms with Crippen LogP contribution in [0.3, 0.4) is 0 Å². The first-order chi connectivity index (χ1) is 11.6. The van der Waals surface area contributed by atoms with Gasteiger partial charge in [0.25, 0.3) is 0 Å². The third-order valence-corrected chi connectivity index (χ3v) is 4.07. The smallest absolute Gasteiger partial charge is 0.144 e. The lowest BCUT2D eigenvalue weighted by atomic mass is 9.81. The van der Waals surface area contributed by atoms with Gasteiger partial charge in [-0.2, -0.15) is 0 Å². The highest BCUT2D eigenvalue weighted by Gasteiger charge is 2.23. The van der Waals surface area contributed by atoms with Gasteiger partial charge in [-0.05, 0) is 53.9 Å². The normalized spacial score (nSPS) is 12.3. The maximum Gasteiger partial charge on any atom is 0.144 e. The summed E-state index contributed by atoms with van der Waals surface area (Å²) in [5.74, 6) is 0.582. The van der Waals surface area contributed by atoms with Gasteiger partial charge in [0, 0.05) is 12.4 Å². The van der Waals surface area contributed by atoms with Crippen molar-refractivity contribution < 1.29 is 9.13 Å². The lowest BCUT2D eigenvalue weighted by Gasteiger charge is -2.25. The van der Waals surface area contributed by atoms with Crippen LogP contribution in [0.5, 0.6) is 5.75 Å². The zero-order valence-corrected chi connectivity index (χ0v) is 16.2. The highest BCUT2D eigenvalue weighted by molar-refractivity contribution is 5.33. The Morgan fingerprint density at radius 2 is 1.72 bits per heavy atom. The second-order valence-corrected chi connectivity index (χ2v) is 8.68. The van der Waals surface area contributed by atoms with Gasteiger partial charge in [-0.1, -0.05) is 34.6 Å². The van der Waals surface area contributed by atoms with Gasteiger partial charge < -0.3 is 4.74 Å². The molecule has 0 aliphatic carbocycles. The van der Waals surface area contributed by atoms with Crippen molar-refractivity contribution >= 4 is 0 Å². The molecule has 0 atom stereocenters. The Balaban J connectivity index is 2.17. The van der Waals surface area contributed by atoms with Crippen molar-refractivity contribution in [3.8, 4) is 5.75 Å². The van der Waals surface area contributed by atoms with E-state index >= 15 is 0 Å². The maximum absolute atomic E-state index is 13.9. The van der Waals surface area contributed by atoms with Crippen molar-refractivity contribution in [2.75, 3.05) is 7.11 Å². The van der Waals surface area contributed by atoms with E-state index < -0.39 is 0 Å². The summed E-state index contributed by atoms with van der Waals surface area (Å²) in [6.45, 7) is 10.8. The van der Waals surface area contributed by atoms with Crippen molar-refractivity contribution in [2.24, 2.45) is 10.8 Å². The summed E-state index contributed by atoms with van der Waals surface area (Å²) in [7, 11) is 1.68. The fourth-order valence-corrected chi connectivity index (χ4v) is 3.04. The van der Waals surface area contributed by atoms with Crippen molar-refractivity contribution in [1.82, 2.24) is 9.97 Å². The Labute approximate surface area is 150 Å². The van der Waals surface area contributed by atoms with Gasteiger partial charge >= 0.3 is 0 Å². The summed E-state index contributed by atoms with van der Waals surface area (Å²) in [6.07, 6.45) is 5.77. The summed E-state index contributed by atoms with van der Waals surface area (Å²) in [5, 5.41) is 0. The van der Waals surface area contributed by atoms with Crippen molar-refractivity contribution in [3.63, 3.8) is 0 Å². The summed E-state index contributed by atoms with van der Waals surface area (Å²) < 4.78 is 19.4. The van der Waals surface area contributed by atoms with E-state index in [0.717, 1.165) is 29.8 Å². The molecule has 4 heteroatoms. The molecule has 0 unspecified atom stereocenters. The van der Waals surface area contributed by atoms with Gasteiger partial charge in [0.1, 0.15) is 11.6 Å². The number of hydrogen-bond donors (Lipinski definition) is 0. The molecule has 136 valence electrons. The van der Waals surface area contributed by atoms with E-state index in [2.05, 4.69) is 50.7 Å². The number of halogens is 1. The minimum atomic E-state index is -0.244. The van der Waals surface area contributed by atoms with Crippen LogP contribution in [-0.4, -0.2) is 17.1 Å². The number of methoxy groups -OCH3 is 1. The van der Waals surface area contributed by atoms with Crippen molar-refractivity contribution in [1.29, 1.82) is 0 Å². The average Bonchev–Trinajstić information content (AvgIpc) is 2.49. The molecule has 0 spiro atoms. The van der Waals surface area contributed by atoms with Gasteiger partial charge in [-0.25, -0.2) is 4.39 Å². The summed E-state index contributed by atoms with van der Waals surface area (Å²) >= 11 is 0. The maximum atomic E-state index is 13.9. The highest BCUT2D eigenvalue weighted by atomic mass is 19.1. The number of hydrogen-bond acceptors (Lipinski definition) is 3. The number of pyridine rings is 2. The molecule has 0 aromatic carbocycles. The third-order valence-electron chi connectivity index (χ3n) is 4.07. The molecule has 0 saturated carbocycles. The molecule has 25 heavy (non-hydrogen) atoms. The van der Waals surface area contributed by atoms with Crippen LogP contribution in [0.2, 0.25) is 0 Å². The first-order valence-corrected chi connectivity index (χ1v) is 8.71. The van der Waals surface area contributed by atoms with E-state index in [1.165, 1.54) is 6.07 Å². The van der Waals surface area contributed by atoms with E-state index in [-0.39, 0.29) is 16.6 Å². The highest BCUT2D eigenvalue weighted by Crippen LogP contribution is 2.31. The first kappa shape index (κ1) is 19.4. The second kappa shape index (κ2) is 7.51. The number of aromatic nitrogens is 2. The third kappa shape index (κ3) is 5.80. The molecule has 2 aromatic heterocycles. The molecule has 2 rings (SSSR count). The molecule has 0 fully saturated rings. The topological polar surface area (TPSA) is 35.0 Å². The summed E-state index contributed by atoms with van der Waals surface area (Å²) in [5.41, 5.74) is 2.60. The van der Waals surface area contributed by atoms with E-state index in [0.29, 0.717) is 12.1 Å².